The largest absolute Gasteiger partial charge is 0.396 e. The lowest BCUT2D eigenvalue weighted by Crippen LogP contribution is -2.29. The second kappa shape index (κ2) is 5.33. The zero-order chi connectivity index (χ0) is 14.0. The van der Waals surface area contributed by atoms with Gasteiger partial charge in [0.25, 0.3) is 5.91 Å². The van der Waals surface area contributed by atoms with E-state index in [9.17, 15) is 4.79 Å². The van der Waals surface area contributed by atoms with Gasteiger partial charge in [0, 0.05) is 31.2 Å². The van der Waals surface area contributed by atoms with Gasteiger partial charge < -0.3 is 10.0 Å². The van der Waals surface area contributed by atoms with Gasteiger partial charge in [-0.1, -0.05) is 32.9 Å². The SMILES string of the molecule is CC(C)(C)c1ccc(C(=O)N2CCC(CO)C2)cc1. The number of nitrogens with zero attached hydrogens (tertiary/aromatic N) is 1. The molecule has 2 rings (SSSR count). The Kier molecular flexibility index (Phi) is 3.95. The van der Waals surface area contributed by atoms with Crippen LogP contribution < -0.4 is 0 Å². The van der Waals surface area contributed by atoms with Crippen molar-refractivity contribution in [2.75, 3.05) is 19.7 Å². The number of likely N-dealkylation sites (tertiary alicyclic amines) is 1. The predicted octanol–water partition coefficient (Wildman–Crippen LogP) is 2.44. The molecule has 0 spiro atoms. The lowest BCUT2D eigenvalue weighted by molar-refractivity contribution is 0.0782. The molecule has 1 heterocycles. The molecule has 1 aromatic rings. The maximum Gasteiger partial charge on any atom is 0.253 e. The van der Waals surface area contributed by atoms with Crippen molar-refractivity contribution in [3.8, 4) is 0 Å². The summed E-state index contributed by atoms with van der Waals surface area (Å²) < 4.78 is 0. The first kappa shape index (κ1) is 14.1. The maximum absolute atomic E-state index is 12.3. The number of aliphatic hydroxyl groups excluding tert-OH is 1. The van der Waals surface area contributed by atoms with Crippen LogP contribution in [0.1, 0.15) is 43.1 Å². The second-order valence-electron chi connectivity index (χ2n) is 6.42. The fourth-order valence-electron chi connectivity index (χ4n) is 2.46. The quantitative estimate of drug-likeness (QED) is 0.888. The number of benzene rings is 1. The summed E-state index contributed by atoms with van der Waals surface area (Å²) in [6, 6.07) is 7.89. The summed E-state index contributed by atoms with van der Waals surface area (Å²) in [6.45, 7) is 8.09. The average molecular weight is 261 g/mol. The van der Waals surface area contributed by atoms with Crippen LogP contribution in [0.15, 0.2) is 24.3 Å². The fraction of sp³-hybridized carbons (Fsp3) is 0.562. The number of rotatable bonds is 2. The van der Waals surface area contributed by atoms with Crippen LogP contribution in [0, 0.1) is 5.92 Å². The van der Waals surface area contributed by atoms with Crippen LogP contribution in [-0.2, 0) is 5.41 Å². The molecular formula is C16H23NO2. The number of hydrogen-bond acceptors (Lipinski definition) is 2. The van der Waals surface area contributed by atoms with E-state index in [0.717, 1.165) is 18.5 Å². The topological polar surface area (TPSA) is 40.5 Å². The Hall–Kier alpha value is -1.35. The van der Waals surface area contributed by atoms with Crippen LogP contribution in [-0.4, -0.2) is 35.6 Å². The molecule has 1 saturated heterocycles. The van der Waals surface area contributed by atoms with Crippen LogP contribution in [0.5, 0.6) is 0 Å². The van der Waals surface area contributed by atoms with E-state index in [1.54, 1.807) is 0 Å². The number of amides is 1. The van der Waals surface area contributed by atoms with Gasteiger partial charge >= 0.3 is 0 Å². The van der Waals surface area contributed by atoms with Gasteiger partial charge in [0.05, 0.1) is 0 Å². The zero-order valence-electron chi connectivity index (χ0n) is 12.0. The number of hydrogen-bond donors (Lipinski definition) is 1. The Morgan fingerprint density at radius 3 is 2.42 bits per heavy atom. The van der Waals surface area contributed by atoms with E-state index in [4.69, 9.17) is 5.11 Å². The minimum atomic E-state index is 0.0800. The van der Waals surface area contributed by atoms with Gasteiger partial charge in [-0.15, -0.1) is 0 Å². The molecule has 1 aliphatic heterocycles. The van der Waals surface area contributed by atoms with Gasteiger partial charge in [-0.25, -0.2) is 0 Å². The average Bonchev–Trinajstić information content (AvgIpc) is 2.86. The van der Waals surface area contributed by atoms with Gasteiger partial charge in [-0.2, -0.15) is 0 Å². The molecule has 1 aromatic carbocycles. The standard InChI is InChI=1S/C16H23NO2/c1-16(2,3)14-6-4-13(5-7-14)15(19)17-9-8-12(10-17)11-18/h4-7,12,18H,8-11H2,1-3H3. The smallest absolute Gasteiger partial charge is 0.253 e. The molecule has 0 saturated carbocycles. The van der Waals surface area contributed by atoms with Crippen molar-refractivity contribution in [2.45, 2.75) is 32.6 Å². The summed E-state index contributed by atoms with van der Waals surface area (Å²) in [6.07, 6.45) is 0.905. The number of carbonyl (C=O) groups excluding carboxylic acids is 1. The fourth-order valence-corrected chi connectivity index (χ4v) is 2.46. The van der Waals surface area contributed by atoms with Crippen molar-refractivity contribution in [1.29, 1.82) is 0 Å². The third-order valence-corrected chi connectivity index (χ3v) is 3.83. The molecule has 1 unspecified atom stereocenters. The Morgan fingerprint density at radius 2 is 1.95 bits per heavy atom. The van der Waals surface area contributed by atoms with E-state index in [1.807, 2.05) is 29.2 Å². The Balaban J connectivity index is 2.08. The van der Waals surface area contributed by atoms with E-state index in [0.29, 0.717) is 6.54 Å². The molecular weight excluding hydrogens is 238 g/mol. The van der Waals surface area contributed by atoms with Crippen molar-refractivity contribution in [3.63, 3.8) is 0 Å². The molecule has 1 amide bonds. The first-order valence-electron chi connectivity index (χ1n) is 6.92. The monoisotopic (exact) mass is 261 g/mol. The molecule has 3 nitrogen and oxygen atoms in total. The van der Waals surface area contributed by atoms with Gasteiger partial charge in [-0.05, 0) is 29.5 Å². The van der Waals surface area contributed by atoms with Crippen LogP contribution in [0.2, 0.25) is 0 Å². The zero-order valence-corrected chi connectivity index (χ0v) is 12.0. The van der Waals surface area contributed by atoms with Crippen molar-refractivity contribution in [3.05, 3.63) is 35.4 Å². The van der Waals surface area contributed by atoms with E-state index in [-0.39, 0.29) is 23.8 Å². The Labute approximate surface area is 115 Å². The number of aliphatic hydroxyl groups is 1. The van der Waals surface area contributed by atoms with E-state index >= 15 is 0 Å². The molecule has 104 valence electrons. The molecule has 19 heavy (non-hydrogen) atoms. The Bertz CT molecular complexity index is 445. The van der Waals surface area contributed by atoms with Crippen molar-refractivity contribution in [2.24, 2.45) is 5.92 Å². The molecule has 1 aliphatic rings. The summed E-state index contributed by atoms with van der Waals surface area (Å²) in [5.74, 6) is 0.328. The molecule has 1 fully saturated rings. The maximum atomic E-state index is 12.3. The summed E-state index contributed by atoms with van der Waals surface area (Å²) >= 11 is 0. The summed E-state index contributed by atoms with van der Waals surface area (Å²) in [7, 11) is 0. The molecule has 1 atom stereocenters. The highest BCUT2D eigenvalue weighted by Gasteiger charge is 2.26. The number of carbonyl (C=O) groups is 1. The van der Waals surface area contributed by atoms with Crippen LogP contribution in [0.3, 0.4) is 0 Å². The molecule has 0 aliphatic carbocycles. The van der Waals surface area contributed by atoms with Crippen molar-refractivity contribution < 1.29 is 9.90 Å². The molecule has 1 N–H and O–H groups in total. The molecule has 0 aromatic heterocycles. The summed E-state index contributed by atoms with van der Waals surface area (Å²) in [4.78, 5) is 14.2. The minimum absolute atomic E-state index is 0.0800. The highest BCUT2D eigenvalue weighted by atomic mass is 16.3. The second-order valence-corrected chi connectivity index (χ2v) is 6.42. The van der Waals surface area contributed by atoms with Gasteiger partial charge in [0.2, 0.25) is 0 Å². The third kappa shape index (κ3) is 3.16. The van der Waals surface area contributed by atoms with Gasteiger partial charge in [0.15, 0.2) is 0 Å². The molecule has 3 heteroatoms. The first-order valence-corrected chi connectivity index (χ1v) is 6.92. The van der Waals surface area contributed by atoms with Crippen LogP contribution >= 0.6 is 0 Å². The summed E-state index contributed by atoms with van der Waals surface area (Å²) in [5.41, 5.74) is 2.09. The molecule has 0 radical (unpaired) electrons. The van der Waals surface area contributed by atoms with Gasteiger partial charge in [0.1, 0.15) is 0 Å². The summed E-state index contributed by atoms with van der Waals surface area (Å²) in [5, 5.41) is 9.12. The van der Waals surface area contributed by atoms with Crippen molar-refractivity contribution in [1.82, 2.24) is 4.90 Å². The van der Waals surface area contributed by atoms with E-state index in [2.05, 4.69) is 20.8 Å². The minimum Gasteiger partial charge on any atom is -0.396 e. The molecule has 0 bridgehead atoms. The normalized spacial score (nSPS) is 19.8. The van der Waals surface area contributed by atoms with E-state index in [1.165, 1.54) is 5.56 Å². The predicted molar refractivity (Wildman–Crippen MR) is 76.2 cm³/mol. The lowest BCUT2D eigenvalue weighted by atomic mass is 9.86. The van der Waals surface area contributed by atoms with Crippen molar-refractivity contribution >= 4 is 5.91 Å². The third-order valence-electron chi connectivity index (χ3n) is 3.83. The first-order chi connectivity index (χ1) is 8.91. The lowest BCUT2D eigenvalue weighted by Gasteiger charge is -2.20. The highest BCUT2D eigenvalue weighted by molar-refractivity contribution is 5.94. The highest BCUT2D eigenvalue weighted by Crippen LogP contribution is 2.23. The van der Waals surface area contributed by atoms with Gasteiger partial charge in [-0.3, -0.25) is 4.79 Å². The Morgan fingerprint density at radius 1 is 1.32 bits per heavy atom. The van der Waals surface area contributed by atoms with Crippen LogP contribution in [0.4, 0.5) is 0 Å². The van der Waals surface area contributed by atoms with E-state index < -0.39 is 0 Å². The van der Waals surface area contributed by atoms with Crippen LogP contribution in [0.25, 0.3) is 0 Å².